The molecule has 0 fully saturated rings. The van der Waals surface area contributed by atoms with Crippen molar-refractivity contribution in [3.05, 3.63) is 0 Å². The van der Waals surface area contributed by atoms with Crippen molar-refractivity contribution in [2.24, 2.45) is 0 Å². The zero-order chi connectivity index (χ0) is 12.2. The van der Waals surface area contributed by atoms with Gasteiger partial charge in [-0.15, -0.1) is 0 Å². The Morgan fingerprint density at radius 1 is 1.12 bits per heavy atom. The van der Waals surface area contributed by atoms with Crippen molar-refractivity contribution in [3.8, 4) is 0 Å². The first-order valence-corrected chi connectivity index (χ1v) is 7.93. The van der Waals surface area contributed by atoms with Crippen molar-refractivity contribution < 1.29 is 14.0 Å². The summed E-state index contributed by atoms with van der Waals surface area (Å²) in [7, 11) is -0.741. The largest absolute Gasteiger partial charge is 0.494 e. The van der Waals surface area contributed by atoms with Crippen molar-refractivity contribution in [1.29, 1.82) is 0 Å². The summed E-state index contributed by atoms with van der Waals surface area (Å²) in [6.07, 6.45) is 6.25. The van der Waals surface area contributed by atoms with Crippen LogP contribution in [0.25, 0.3) is 0 Å². The third-order valence-corrected chi connectivity index (χ3v) is 4.84. The van der Waals surface area contributed by atoms with Gasteiger partial charge in [0.25, 0.3) is 0 Å². The predicted molar refractivity (Wildman–Crippen MR) is 69.5 cm³/mol. The van der Waals surface area contributed by atoms with Gasteiger partial charge in [0, 0.05) is 0 Å². The molecule has 96 valence electrons. The standard InChI is InChI=1S/C12H26O3Si/c1-4-7-8-9-10-14-12(13)15-16-11(5-2)6-3/h11H,4-10,16H2,1-3H3. The number of carbonyl (C=O) groups is 1. The summed E-state index contributed by atoms with van der Waals surface area (Å²) in [5.41, 5.74) is 0.604. The molecular weight excluding hydrogens is 220 g/mol. The summed E-state index contributed by atoms with van der Waals surface area (Å²) in [5.74, 6) is 0. The van der Waals surface area contributed by atoms with Crippen LogP contribution in [0.1, 0.15) is 59.3 Å². The SMILES string of the molecule is CCCCCCOC(=O)O[SiH2]C(CC)CC. The number of ether oxygens (including phenoxy) is 1. The monoisotopic (exact) mass is 246 g/mol. The maximum atomic E-state index is 11.2. The molecule has 16 heavy (non-hydrogen) atoms. The molecule has 0 atom stereocenters. The number of unbranched alkanes of at least 4 members (excludes halogenated alkanes) is 3. The van der Waals surface area contributed by atoms with Gasteiger partial charge in [0.15, 0.2) is 0 Å². The van der Waals surface area contributed by atoms with Crippen LogP contribution in [0, 0.1) is 0 Å². The quantitative estimate of drug-likeness (QED) is 0.355. The summed E-state index contributed by atoms with van der Waals surface area (Å²) in [5, 5.41) is 0. The third-order valence-electron chi connectivity index (χ3n) is 2.81. The fraction of sp³-hybridized carbons (Fsp3) is 0.917. The van der Waals surface area contributed by atoms with E-state index in [2.05, 4.69) is 20.8 Å². The Balaban J connectivity index is 3.37. The summed E-state index contributed by atoms with van der Waals surface area (Å²) in [4.78, 5) is 11.2. The van der Waals surface area contributed by atoms with Gasteiger partial charge in [-0.1, -0.05) is 52.9 Å². The summed E-state index contributed by atoms with van der Waals surface area (Å²) in [6.45, 7) is 6.95. The van der Waals surface area contributed by atoms with Gasteiger partial charge in [-0.2, -0.15) is 0 Å². The average Bonchev–Trinajstić information content (AvgIpc) is 2.30. The van der Waals surface area contributed by atoms with Crippen LogP contribution in [0.15, 0.2) is 0 Å². The van der Waals surface area contributed by atoms with E-state index in [0.717, 1.165) is 25.7 Å². The Morgan fingerprint density at radius 2 is 1.81 bits per heavy atom. The molecule has 0 aromatic carbocycles. The fourth-order valence-corrected chi connectivity index (χ4v) is 2.36. The van der Waals surface area contributed by atoms with Gasteiger partial charge < -0.3 is 9.16 Å². The van der Waals surface area contributed by atoms with Crippen LogP contribution in [-0.2, 0) is 9.16 Å². The first-order chi connectivity index (χ1) is 7.74. The van der Waals surface area contributed by atoms with Crippen molar-refractivity contribution in [3.63, 3.8) is 0 Å². The number of rotatable bonds is 9. The van der Waals surface area contributed by atoms with Crippen molar-refractivity contribution in [2.75, 3.05) is 6.61 Å². The summed E-state index contributed by atoms with van der Waals surface area (Å²) in [6, 6.07) is 0. The highest BCUT2D eigenvalue weighted by molar-refractivity contribution is 6.32. The molecule has 0 aromatic rings. The van der Waals surface area contributed by atoms with E-state index >= 15 is 0 Å². The second kappa shape index (κ2) is 11.0. The van der Waals surface area contributed by atoms with Gasteiger partial charge >= 0.3 is 6.16 Å². The topological polar surface area (TPSA) is 35.5 Å². The van der Waals surface area contributed by atoms with E-state index in [1.807, 2.05) is 0 Å². The highest BCUT2D eigenvalue weighted by atomic mass is 28.2. The highest BCUT2D eigenvalue weighted by Gasteiger charge is 2.09. The second-order valence-corrected chi connectivity index (χ2v) is 5.93. The molecule has 0 radical (unpaired) electrons. The zero-order valence-electron chi connectivity index (χ0n) is 11.0. The van der Waals surface area contributed by atoms with Gasteiger partial charge in [0.05, 0.1) is 6.61 Å². The van der Waals surface area contributed by atoms with Gasteiger partial charge in [0.1, 0.15) is 0 Å². The molecule has 3 nitrogen and oxygen atoms in total. The molecule has 0 aromatic heterocycles. The van der Waals surface area contributed by atoms with Gasteiger partial charge in [0.2, 0.25) is 9.76 Å². The number of hydrogen-bond acceptors (Lipinski definition) is 3. The maximum Gasteiger partial charge on any atom is 0.493 e. The van der Waals surface area contributed by atoms with E-state index in [4.69, 9.17) is 9.16 Å². The molecule has 0 saturated heterocycles. The van der Waals surface area contributed by atoms with Crippen molar-refractivity contribution in [2.45, 2.75) is 64.8 Å². The lowest BCUT2D eigenvalue weighted by Crippen LogP contribution is -2.15. The van der Waals surface area contributed by atoms with Crippen LogP contribution in [0.2, 0.25) is 5.54 Å². The molecule has 0 saturated carbocycles. The van der Waals surface area contributed by atoms with Crippen molar-refractivity contribution >= 4 is 15.9 Å². The molecule has 0 aliphatic heterocycles. The van der Waals surface area contributed by atoms with Crippen LogP contribution in [0.5, 0.6) is 0 Å². The van der Waals surface area contributed by atoms with E-state index in [0.29, 0.717) is 12.1 Å². The second-order valence-electron chi connectivity index (χ2n) is 4.15. The lowest BCUT2D eigenvalue weighted by atomic mass is 10.2. The van der Waals surface area contributed by atoms with E-state index in [1.165, 1.54) is 12.8 Å². The van der Waals surface area contributed by atoms with Gasteiger partial charge in [-0.05, 0) is 12.0 Å². The normalized spacial score (nSPS) is 11.2. The summed E-state index contributed by atoms with van der Waals surface area (Å²) < 4.78 is 10.2. The Morgan fingerprint density at radius 3 is 2.38 bits per heavy atom. The molecule has 4 heteroatoms. The lowest BCUT2D eigenvalue weighted by Gasteiger charge is -2.11. The number of hydrogen-bond donors (Lipinski definition) is 0. The fourth-order valence-electron chi connectivity index (χ4n) is 1.44. The molecule has 0 spiro atoms. The summed E-state index contributed by atoms with van der Waals surface area (Å²) >= 11 is 0. The first kappa shape index (κ1) is 15.5. The minimum Gasteiger partial charge on any atom is -0.494 e. The molecule has 0 aliphatic carbocycles. The molecule has 0 rings (SSSR count). The Kier molecular flexibility index (Phi) is 10.6. The highest BCUT2D eigenvalue weighted by Crippen LogP contribution is 2.13. The zero-order valence-corrected chi connectivity index (χ0v) is 12.4. The minimum atomic E-state index is -0.741. The maximum absolute atomic E-state index is 11.2. The first-order valence-electron chi connectivity index (χ1n) is 6.54. The molecular formula is C12H26O3Si. The predicted octanol–water partition coefficient (Wildman–Crippen LogP) is 3.41. The Hall–Kier alpha value is -0.513. The van der Waals surface area contributed by atoms with E-state index in [9.17, 15) is 4.79 Å². The van der Waals surface area contributed by atoms with Gasteiger partial charge in [-0.25, -0.2) is 4.79 Å². The molecule has 0 heterocycles. The number of carbonyl (C=O) groups excluding carboxylic acids is 1. The van der Waals surface area contributed by atoms with Gasteiger partial charge in [-0.3, -0.25) is 0 Å². The molecule has 0 bridgehead atoms. The van der Waals surface area contributed by atoms with Crippen molar-refractivity contribution in [1.82, 2.24) is 0 Å². The smallest absolute Gasteiger partial charge is 0.493 e. The van der Waals surface area contributed by atoms with Crippen LogP contribution < -0.4 is 0 Å². The van der Waals surface area contributed by atoms with E-state index in [-0.39, 0.29) is 0 Å². The minimum absolute atomic E-state index is 0.449. The van der Waals surface area contributed by atoms with E-state index < -0.39 is 15.9 Å². The van der Waals surface area contributed by atoms with Crippen LogP contribution in [0.4, 0.5) is 4.79 Å². The Bertz CT molecular complexity index is 170. The molecule has 0 unspecified atom stereocenters. The van der Waals surface area contributed by atoms with Crippen LogP contribution >= 0.6 is 0 Å². The lowest BCUT2D eigenvalue weighted by molar-refractivity contribution is 0.0980. The average molecular weight is 246 g/mol. The third kappa shape index (κ3) is 8.77. The van der Waals surface area contributed by atoms with Crippen LogP contribution in [-0.4, -0.2) is 22.5 Å². The Labute approximate surface area is 102 Å². The van der Waals surface area contributed by atoms with Crippen LogP contribution in [0.3, 0.4) is 0 Å². The molecule has 0 N–H and O–H groups in total. The molecule has 0 aliphatic rings. The van der Waals surface area contributed by atoms with E-state index in [1.54, 1.807) is 0 Å². The molecule has 0 amide bonds.